The van der Waals surface area contributed by atoms with E-state index in [0.29, 0.717) is 13.2 Å². The summed E-state index contributed by atoms with van der Waals surface area (Å²) in [5, 5.41) is 0. The number of morpholine rings is 1. The molecular weight excluding hydrogens is 153 g/mol. The number of rotatable bonds is 1. The molecule has 0 amide bonds. The van der Waals surface area contributed by atoms with E-state index in [4.69, 9.17) is 4.74 Å². The first-order valence-electron chi connectivity index (χ1n) is 3.38. The third kappa shape index (κ3) is 2.11. The van der Waals surface area contributed by atoms with Crippen LogP contribution in [0.15, 0.2) is 0 Å². The molecule has 0 bridgehead atoms. The van der Waals surface area contributed by atoms with Crippen LogP contribution < -0.4 is 0 Å². The molecule has 1 rings (SSSR count). The molecule has 1 heterocycles. The molecule has 4 heteroatoms. The second kappa shape index (κ2) is 3.55. The maximum atomic E-state index is 12.5. The summed E-state index contributed by atoms with van der Waals surface area (Å²) in [5.74, 6) is 0. The van der Waals surface area contributed by atoms with Crippen LogP contribution in [0.3, 0.4) is 0 Å². The lowest BCUT2D eigenvalue weighted by Gasteiger charge is -2.33. The van der Waals surface area contributed by atoms with Crippen LogP contribution in [0.25, 0.3) is 0 Å². The maximum absolute atomic E-state index is 12.5. The van der Waals surface area contributed by atoms with E-state index in [1.165, 1.54) is 0 Å². The number of hydrogen-bond acceptors (Lipinski definition) is 2. The summed E-state index contributed by atoms with van der Waals surface area (Å²) in [4.78, 5) is 0. The van der Waals surface area contributed by atoms with E-state index in [2.05, 4.69) is 16.8 Å². The summed E-state index contributed by atoms with van der Waals surface area (Å²) in [6.45, 7) is 1.89. The van der Waals surface area contributed by atoms with Crippen LogP contribution in [0.2, 0.25) is 0 Å². The van der Waals surface area contributed by atoms with Gasteiger partial charge in [0.1, 0.15) is 0 Å². The fraction of sp³-hybridized carbons (Fsp3) is 1.00. The fourth-order valence-electron chi connectivity index (χ4n) is 0.959. The van der Waals surface area contributed by atoms with E-state index < -0.39 is 6.36 Å². The van der Waals surface area contributed by atoms with Crippen molar-refractivity contribution < 1.29 is 9.13 Å². The van der Waals surface area contributed by atoms with Gasteiger partial charge in [0, 0.05) is 6.54 Å². The van der Waals surface area contributed by atoms with Crippen molar-refractivity contribution >= 4 is 11.1 Å². The molecule has 0 aromatic carbocycles. The molecule has 1 fully saturated rings. The van der Waals surface area contributed by atoms with Crippen LogP contribution in [0, 0.1) is 0 Å². The van der Waals surface area contributed by atoms with Gasteiger partial charge in [0.2, 0.25) is 6.36 Å². The Hall–Kier alpha value is 0.200. The predicted molar refractivity (Wildman–Crippen MR) is 43.3 cm³/mol. The molecule has 2 nitrogen and oxygen atoms in total. The number of hydrogen-bond donors (Lipinski definition) is 1. The van der Waals surface area contributed by atoms with Gasteiger partial charge in [-0.15, -0.1) is 0 Å². The first-order chi connectivity index (χ1) is 4.70. The molecule has 1 aliphatic rings. The summed E-state index contributed by atoms with van der Waals surface area (Å²) in [6, 6.07) is 0. The zero-order chi connectivity index (χ0) is 7.56. The molecule has 0 saturated carbocycles. The molecule has 0 aromatic rings. The monoisotopic (exact) mass is 167 g/mol. The van der Waals surface area contributed by atoms with E-state index in [0.717, 1.165) is 6.54 Å². The average Bonchev–Trinajstić information content (AvgIpc) is 1.88. The Kier molecular flexibility index (Phi) is 2.95. The number of ether oxygens (including phenoxy) is 1. The van der Waals surface area contributed by atoms with Crippen molar-refractivity contribution in [1.82, 2.24) is 4.31 Å². The summed E-state index contributed by atoms with van der Waals surface area (Å²) in [6.07, 6.45) is 3.21. The highest BCUT2D eigenvalue weighted by molar-refractivity contribution is 8.13. The molecule has 0 aromatic heterocycles. The van der Waals surface area contributed by atoms with Crippen molar-refractivity contribution in [2.24, 2.45) is 0 Å². The molecule has 0 unspecified atom stereocenters. The Morgan fingerprint density at radius 3 is 2.70 bits per heavy atom. The molecule has 0 aliphatic carbocycles. The lowest BCUT2D eigenvalue weighted by Crippen LogP contribution is -2.37. The van der Waals surface area contributed by atoms with Gasteiger partial charge in [0.15, 0.2) is 0 Å². The SMILES string of the molecule is C[SH](C)N1CCO[C@@H](F)C1. The summed E-state index contributed by atoms with van der Waals surface area (Å²) < 4.78 is 19.4. The van der Waals surface area contributed by atoms with Gasteiger partial charge in [-0.25, -0.2) is 15.5 Å². The molecule has 62 valence electrons. The van der Waals surface area contributed by atoms with Crippen molar-refractivity contribution in [2.45, 2.75) is 6.36 Å². The summed E-state index contributed by atoms with van der Waals surface area (Å²) >= 11 is -0.132. The lowest BCUT2D eigenvalue weighted by atomic mass is 10.5. The molecule has 0 radical (unpaired) electrons. The van der Waals surface area contributed by atoms with Crippen LogP contribution >= 0.6 is 11.1 Å². The zero-order valence-electron chi connectivity index (χ0n) is 6.38. The van der Waals surface area contributed by atoms with Gasteiger partial charge in [-0.2, -0.15) is 0 Å². The highest BCUT2D eigenvalue weighted by Gasteiger charge is 2.19. The minimum absolute atomic E-state index is 0.132. The summed E-state index contributed by atoms with van der Waals surface area (Å²) in [7, 11) is 0. The number of alkyl halides is 1. The van der Waals surface area contributed by atoms with E-state index in [1.807, 2.05) is 0 Å². The third-order valence-electron chi connectivity index (χ3n) is 1.57. The van der Waals surface area contributed by atoms with Crippen LogP contribution in [0.5, 0.6) is 0 Å². The first-order valence-corrected chi connectivity index (χ1v) is 5.57. The van der Waals surface area contributed by atoms with Crippen molar-refractivity contribution in [3.8, 4) is 0 Å². The standard InChI is InChI=1S/C6H14FNOS/c1-10(2)8-3-4-9-6(7)5-8/h6,10H,3-5H2,1-2H3/t6-/m1/s1. The van der Waals surface area contributed by atoms with Crippen LogP contribution in [-0.2, 0) is 4.74 Å². The Labute approximate surface area is 63.8 Å². The fourth-order valence-corrected chi connectivity index (χ4v) is 1.90. The molecule has 1 saturated heterocycles. The van der Waals surface area contributed by atoms with E-state index in [9.17, 15) is 4.39 Å². The van der Waals surface area contributed by atoms with Gasteiger partial charge >= 0.3 is 0 Å². The first kappa shape index (κ1) is 8.30. The third-order valence-corrected chi connectivity index (χ3v) is 3.06. The maximum Gasteiger partial charge on any atom is 0.212 e. The van der Waals surface area contributed by atoms with Gasteiger partial charge in [0.25, 0.3) is 0 Å². The Bertz CT molecular complexity index is 112. The van der Waals surface area contributed by atoms with Gasteiger partial charge in [-0.05, 0) is 12.5 Å². The highest BCUT2D eigenvalue weighted by atomic mass is 32.2. The number of thiol groups is 1. The van der Waals surface area contributed by atoms with E-state index >= 15 is 0 Å². The minimum atomic E-state index is -1.06. The number of halogens is 1. The normalized spacial score (nSPS) is 30.3. The highest BCUT2D eigenvalue weighted by Crippen LogP contribution is 2.23. The Morgan fingerprint density at radius 1 is 1.60 bits per heavy atom. The van der Waals surface area contributed by atoms with Gasteiger partial charge in [-0.1, -0.05) is 0 Å². The van der Waals surface area contributed by atoms with Crippen molar-refractivity contribution in [3.63, 3.8) is 0 Å². The second-order valence-electron chi connectivity index (χ2n) is 2.54. The van der Waals surface area contributed by atoms with Crippen LogP contribution in [0.4, 0.5) is 4.39 Å². The summed E-state index contributed by atoms with van der Waals surface area (Å²) in [5.41, 5.74) is 0. The van der Waals surface area contributed by atoms with Gasteiger partial charge < -0.3 is 4.74 Å². The average molecular weight is 167 g/mol. The van der Waals surface area contributed by atoms with E-state index in [-0.39, 0.29) is 11.1 Å². The quantitative estimate of drug-likeness (QED) is 0.580. The predicted octanol–water partition coefficient (Wildman–Crippen LogP) is 0.790. The molecule has 0 N–H and O–H groups in total. The number of nitrogens with zero attached hydrogens (tertiary/aromatic N) is 1. The van der Waals surface area contributed by atoms with Crippen molar-refractivity contribution in [3.05, 3.63) is 0 Å². The largest absolute Gasteiger partial charge is 0.346 e. The van der Waals surface area contributed by atoms with Gasteiger partial charge in [-0.3, -0.25) is 4.31 Å². The topological polar surface area (TPSA) is 12.5 Å². The zero-order valence-corrected chi connectivity index (χ0v) is 7.27. The smallest absolute Gasteiger partial charge is 0.212 e. The molecule has 0 spiro atoms. The van der Waals surface area contributed by atoms with E-state index in [1.54, 1.807) is 0 Å². The second-order valence-corrected chi connectivity index (χ2v) is 4.80. The molecule has 1 aliphatic heterocycles. The molecular formula is C6H14FNOS. The van der Waals surface area contributed by atoms with Gasteiger partial charge in [0.05, 0.1) is 13.2 Å². The Morgan fingerprint density at radius 2 is 2.30 bits per heavy atom. The van der Waals surface area contributed by atoms with Crippen LogP contribution in [0.1, 0.15) is 0 Å². The molecule has 10 heavy (non-hydrogen) atoms. The minimum Gasteiger partial charge on any atom is -0.346 e. The lowest BCUT2D eigenvalue weighted by molar-refractivity contribution is -0.0769. The Balaban J connectivity index is 2.32. The van der Waals surface area contributed by atoms with Crippen LogP contribution in [-0.4, -0.2) is 42.9 Å². The molecule has 1 atom stereocenters. The van der Waals surface area contributed by atoms with Crippen molar-refractivity contribution in [2.75, 3.05) is 32.2 Å². The van der Waals surface area contributed by atoms with Crippen molar-refractivity contribution in [1.29, 1.82) is 0 Å².